The van der Waals surface area contributed by atoms with Gasteiger partial charge in [0.05, 0.1) is 17.2 Å². The van der Waals surface area contributed by atoms with E-state index in [0.717, 1.165) is 89.5 Å². The smallest absolute Gasteiger partial charge is 0.142 e. The normalized spacial score (nSPS) is 14.5. The standard InChI is InChI=1S/C47H53ClN4O3/c1-34-13-8-9-22-52(34)31-41-26-44(48)47(27-46(41)54-32-39-25-38(28-49)29-50-30-39)55-33-40-16-10-17-42(35(40)2)43-18-11-19-45(36(43)3)53-24-12-21-51(4)23-20-37-14-6-5-7-15-37/h5-7,10-11,14-19,25-27,29-30,34H,8-9,12-13,20-24,31-33H2,1-4H3/t34-/m1/s1. The lowest BCUT2D eigenvalue weighted by Crippen LogP contribution is -2.36. The zero-order chi connectivity index (χ0) is 38.6. The van der Waals surface area contributed by atoms with E-state index in [1.54, 1.807) is 18.5 Å². The van der Waals surface area contributed by atoms with Gasteiger partial charge in [-0.3, -0.25) is 9.88 Å². The van der Waals surface area contributed by atoms with Gasteiger partial charge in [0.15, 0.2) is 0 Å². The molecule has 4 aromatic carbocycles. The number of aromatic nitrogens is 1. The van der Waals surface area contributed by atoms with Gasteiger partial charge < -0.3 is 19.1 Å². The van der Waals surface area contributed by atoms with Crippen molar-refractivity contribution in [1.82, 2.24) is 14.8 Å². The molecule has 55 heavy (non-hydrogen) atoms. The Hall–Kier alpha value is -4.87. The molecule has 0 unspecified atom stereocenters. The number of nitriles is 1. The number of likely N-dealkylation sites (tertiary alicyclic amines) is 1. The van der Waals surface area contributed by atoms with Gasteiger partial charge in [0.25, 0.3) is 0 Å². The van der Waals surface area contributed by atoms with Gasteiger partial charge in [-0.2, -0.15) is 5.26 Å². The summed E-state index contributed by atoms with van der Waals surface area (Å²) in [7, 11) is 2.18. The Kier molecular flexibility index (Phi) is 14.2. The number of likely N-dealkylation sites (N-methyl/N-ethyl adjacent to an activating group) is 1. The first-order valence-corrected chi connectivity index (χ1v) is 19.9. The summed E-state index contributed by atoms with van der Waals surface area (Å²) in [6, 6.07) is 31.7. The van der Waals surface area contributed by atoms with Crippen LogP contribution in [-0.2, 0) is 26.2 Å². The largest absolute Gasteiger partial charge is 0.493 e. The third-order valence-corrected chi connectivity index (χ3v) is 11.0. The summed E-state index contributed by atoms with van der Waals surface area (Å²) in [5, 5.41) is 9.92. The number of hydrogen-bond acceptors (Lipinski definition) is 7. The van der Waals surface area contributed by atoms with E-state index in [9.17, 15) is 5.26 Å². The number of piperidine rings is 1. The fourth-order valence-electron chi connectivity index (χ4n) is 7.29. The highest BCUT2D eigenvalue weighted by Gasteiger charge is 2.22. The minimum absolute atomic E-state index is 0.279. The molecular formula is C47H53ClN4O3. The Morgan fingerprint density at radius 3 is 2.38 bits per heavy atom. The van der Waals surface area contributed by atoms with Gasteiger partial charge in [-0.25, -0.2) is 0 Å². The zero-order valence-corrected chi connectivity index (χ0v) is 33.4. The second-order valence-corrected chi connectivity index (χ2v) is 15.1. The van der Waals surface area contributed by atoms with E-state index in [0.29, 0.717) is 35.6 Å². The molecule has 1 fully saturated rings. The molecule has 1 saturated heterocycles. The molecule has 1 atom stereocenters. The van der Waals surface area contributed by atoms with Crippen LogP contribution in [0.1, 0.15) is 71.6 Å². The zero-order valence-electron chi connectivity index (χ0n) is 32.7. The van der Waals surface area contributed by atoms with Crippen molar-refractivity contribution < 1.29 is 14.2 Å². The predicted molar refractivity (Wildman–Crippen MR) is 222 cm³/mol. The third kappa shape index (κ3) is 10.9. The van der Waals surface area contributed by atoms with Crippen molar-refractivity contribution in [2.24, 2.45) is 0 Å². The quantitative estimate of drug-likeness (QED) is 0.0875. The maximum atomic E-state index is 9.37. The number of nitrogens with zero attached hydrogens (tertiary/aromatic N) is 4. The Bertz CT molecular complexity index is 2060. The first-order valence-electron chi connectivity index (χ1n) is 19.5. The Balaban J connectivity index is 1.12. The highest BCUT2D eigenvalue weighted by molar-refractivity contribution is 6.32. The number of hydrogen-bond donors (Lipinski definition) is 0. The summed E-state index contributed by atoms with van der Waals surface area (Å²) in [6.45, 7) is 11.7. The Morgan fingerprint density at radius 1 is 0.800 bits per heavy atom. The maximum Gasteiger partial charge on any atom is 0.142 e. The van der Waals surface area contributed by atoms with Crippen molar-refractivity contribution in [3.8, 4) is 34.4 Å². The summed E-state index contributed by atoms with van der Waals surface area (Å²) >= 11 is 6.93. The Labute approximate surface area is 332 Å². The van der Waals surface area contributed by atoms with Crippen LogP contribution in [0.2, 0.25) is 5.02 Å². The number of ether oxygens (including phenoxy) is 3. The molecule has 6 rings (SSSR count). The highest BCUT2D eigenvalue weighted by atomic mass is 35.5. The van der Waals surface area contributed by atoms with E-state index in [1.807, 2.05) is 12.1 Å². The SMILES string of the molecule is Cc1c(COc2cc(OCc3cncc(C#N)c3)c(CN3CCCC[C@H]3C)cc2Cl)cccc1-c1cccc(OCCCN(C)CCc2ccccc2)c1C. The molecule has 0 N–H and O–H groups in total. The molecule has 0 radical (unpaired) electrons. The van der Waals surface area contributed by atoms with Crippen LogP contribution < -0.4 is 14.2 Å². The van der Waals surface area contributed by atoms with Gasteiger partial charge in [0.1, 0.15) is 36.5 Å². The molecule has 0 aliphatic carbocycles. The average molecular weight is 757 g/mol. The summed E-state index contributed by atoms with van der Waals surface area (Å²) < 4.78 is 19.2. The van der Waals surface area contributed by atoms with Crippen molar-refractivity contribution in [1.29, 1.82) is 5.26 Å². The lowest BCUT2D eigenvalue weighted by atomic mass is 9.93. The minimum atomic E-state index is 0.279. The summed E-state index contributed by atoms with van der Waals surface area (Å²) in [5.41, 5.74) is 9.37. The molecule has 0 saturated carbocycles. The molecule has 2 heterocycles. The molecule has 5 aromatic rings. The fourth-order valence-corrected chi connectivity index (χ4v) is 7.53. The van der Waals surface area contributed by atoms with Gasteiger partial charge in [-0.1, -0.05) is 78.7 Å². The van der Waals surface area contributed by atoms with Crippen molar-refractivity contribution in [3.63, 3.8) is 0 Å². The maximum absolute atomic E-state index is 9.37. The first-order chi connectivity index (χ1) is 26.8. The lowest BCUT2D eigenvalue weighted by Gasteiger charge is -2.33. The molecule has 1 aromatic heterocycles. The van der Waals surface area contributed by atoms with Gasteiger partial charge in [-0.15, -0.1) is 0 Å². The number of halogens is 1. The van der Waals surface area contributed by atoms with E-state index < -0.39 is 0 Å². The van der Waals surface area contributed by atoms with Crippen LogP contribution in [0.5, 0.6) is 17.2 Å². The second kappa shape index (κ2) is 19.6. The van der Waals surface area contributed by atoms with E-state index in [2.05, 4.69) is 115 Å². The van der Waals surface area contributed by atoms with E-state index in [-0.39, 0.29) is 6.61 Å². The molecule has 286 valence electrons. The van der Waals surface area contributed by atoms with Crippen LogP contribution in [0.3, 0.4) is 0 Å². The number of rotatable bonds is 17. The Morgan fingerprint density at radius 2 is 1.58 bits per heavy atom. The third-order valence-electron chi connectivity index (χ3n) is 10.7. The molecule has 0 bridgehead atoms. The number of benzene rings is 4. The molecule has 0 spiro atoms. The number of pyridine rings is 1. The van der Waals surface area contributed by atoms with E-state index >= 15 is 0 Å². The van der Waals surface area contributed by atoms with Crippen LogP contribution in [-0.4, -0.2) is 54.1 Å². The monoisotopic (exact) mass is 756 g/mol. The van der Waals surface area contributed by atoms with Gasteiger partial charge >= 0.3 is 0 Å². The second-order valence-electron chi connectivity index (χ2n) is 14.7. The van der Waals surface area contributed by atoms with Gasteiger partial charge in [0, 0.05) is 55.3 Å². The van der Waals surface area contributed by atoms with E-state index in [1.165, 1.54) is 24.8 Å². The van der Waals surface area contributed by atoms with Crippen molar-refractivity contribution in [2.75, 3.05) is 33.3 Å². The van der Waals surface area contributed by atoms with Crippen molar-refractivity contribution >= 4 is 11.6 Å². The molecule has 1 aliphatic heterocycles. The first kappa shape index (κ1) is 39.8. The summed E-state index contributed by atoms with van der Waals surface area (Å²) in [5.74, 6) is 2.20. The van der Waals surface area contributed by atoms with Crippen molar-refractivity contribution in [3.05, 3.63) is 141 Å². The highest BCUT2D eigenvalue weighted by Crippen LogP contribution is 2.37. The molecule has 1 aliphatic rings. The van der Waals surface area contributed by atoms with Crippen molar-refractivity contribution in [2.45, 2.75) is 78.7 Å². The fraction of sp³-hybridized carbons (Fsp3) is 0.362. The van der Waals surface area contributed by atoms with E-state index in [4.69, 9.17) is 25.8 Å². The van der Waals surface area contributed by atoms with Crippen LogP contribution in [0, 0.1) is 25.2 Å². The topological polar surface area (TPSA) is 70.8 Å². The average Bonchev–Trinajstić information content (AvgIpc) is 3.20. The predicted octanol–water partition coefficient (Wildman–Crippen LogP) is 10.4. The lowest BCUT2D eigenvalue weighted by molar-refractivity contribution is 0.150. The molecular weight excluding hydrogens is 704 g/mol. The molecule has 0 amide bonds. The van der Waals surface area contributed by atoms with Crippen LogP contribution >= 0.6 is 11.6 Å². The summed E-state index contributed by atoms with van der Waals surface area (Å²) in [6.07, 6.45) is 8.91. The van der Waals surface area contributed by atoms with Crippen LogP contribution in [0.4, 0.5) is 0 Å². The molecule has 7 nitrogen and oxygen atoms in total. The molecule has 8 heteroatoms. The van der Waals surface area contributed by atoms with Gasteiger partial charge in [0.2, 0.25) is 0 Å². The minimum Gasteiger partial charge on any atom is -0.493 e. The van der Waals surface area contributed by atoms with Crippen LogP contribution in [0.25, 0.3) is 11.1 Å². The van der Waals surface area contributed by atoms with Gasteiger partial charge in [-0.05, 0) is 112 Å². The summed E-state index contributed by atoms with van der Waals surface area (Å²) in [4.78, 5) is 9.07. The van der Waals surface area contributed by atoms with Crippen LogP contribution in [0.15, 0.2) is 97.3 Å².